The van der Waals surface area contributed by atoms with Gasteiger partial charge in [0.05, 0.1) is 12.9 Å². The molecule has 1 amide bonds. The van der Waals surface area contributed by atoms with Crippen LogP contribution < -0.4 is 10.1 Å². The Morgan fingerprint density at radius 3 is 2.68 bits per heavy atom. The van der Waals surface area contributed by atoms with E-state index in [1.165, 1.54) is 11.8 Å². The summed E-state index contributed by atoms with van der Waals surface area (Å²) in [6.45, 7) is 0. The van der Waals surface area contributed by atoms with E-state index in [0.29, 0.717) is 27.1 Å². The van der Waals surface area contributed by atoms with E-state index >= 15 is 0 Å². The van der Waals surface area contributed by atoms with Gasteiger partial charge < -0.3 is 19.0 Å². The van der Waals surface area contributed by atoms with Gasteiger partial charge in [-0.15, -0.1) is 10.2 Å². The molecule has 130 valence electrons. The Hall–Kier alpha value is -2.26. The molecule has 0 saturated heterocycles. The van der Waals surface area contributed by atoms with Crippen molar-refractivity contribution in [1.29, 1.82) is 0 Å². The van der Waals surface area contributed by atoms with Crippen molar-refractivity contribution in [2.24, 2.45) is 7.05 Å². The first-order valence-electron chi connectivity index (χ1n) is 7.28. The van der Waals surface area contributed by atoms with Gasteiger partial charge in [-0.2, -0.15) is 0 Å². The van der Waals surface area contributed by atoms with Crippen molar-refractivity contribution < 1.29 is 13.9 Å². The van der Waals surface area contributed by atoms with Gasteiger partial charge in [0.1, 0.15) is 5.75 Å². The largest absolute Gasteiger partial charge is 0.497 e. The lowest BCUT2D eigenvalue weighted by Gasteiger charge is -2.06. The highest BCUT2D eigenvalue weighted by Crippen LogP contribution is 2.26. The van der Waals surface area contributed by atoms with Crippen molar-refractivity contribution in [2.45, 2.75) is 5.16 Å². The zero-order chi connectivity index (χ0) is 17.8. The van der Waals surface area contributed by atoms with Crippen LogP contribution in [0.1, 0.15) is 0 Å². The van der Waals surface area contributed by atoms with Gasteiger partial charge in [0.15, 0.2) is 21.4 Å². The zero-order valence-electron chi connectivity index (χ0n) is 13.5. The Bertz CT molecular complexity index is 876. The van der Waals surface area contributed by atoms with Gasteiger partial charge in [-0.25, -0.2) is 0 Å². The molecule has 1 aromatic carbocycles. The second kappa shape index (κ2) is 7.75. The summed E-state index contributed by atoms with van der Waals surface area (Å²) in [4.78, 5) is 12.1. The number of thioether (sulfide) groups is 1. The topological polar surface area (TPSA) is 82.2 Å². The Morgan fingerprint density at radius 1 is 1.28 bits per heavy atom. The number of methoxy groups -OCH3 is 1. The van der Waals surface area contributed by atoms with Gasteiger partial charge in [-0.1, -0.05) is 11.8 Å². The lowest BCUT2D eigenvalue weighted by molar-refractivity contribution is -0.113. The van der Waals surface area contributed by atoms with E-state index in [1.807, 2.05) is 7.05 Å². The zero-order valence-corrected chi connectivity index (χ0v) is 15.9. The molecule has 0 aliphatic carbocycles. The molecule has 7 nitrogen and oxygen atoms in total. The highest BCUT2D eigenvalue weighted by molar-refractivity contribution is 9.10. The molecule has 0 aliphatic heterocycles. The van der Waals surface area contributed by atoms with E-state index in [9.17, 15) is 4.79 Å². The molecule has 0 saturated carbocycles. The van der Waals surface area contributed by atoms with Crippen LogP contribution in [0.3, 0.4) is 0 Å². The first-order chi connectivity index (χ1) is 12.1. The van der Waals surface area contributed by atoms with Crippen LogP contribution in [0.5, 0.6) is 5.75 Å². The molecule has 25 heavy (non-hydrogen) atoms. The number of anilines is 1. The fourth-order valence-electron chi connectivity index (χ4n) is 2.09. The number of ether oxygens (including phenoxy) is 1. The smallest absolute Gasteiger partial charge is 0.234 e. The van der Waals surface area contributed by atoms with Crippen LogP contribution in [0.15, 0.2) is 50.6 Å². The molecule has 0 bridgehead atoms. The van der Waals surface area contributed by atoms with Crippen molar-refractivity contribution in [3.8, 4) is 17.3 Å². The van der Waals surface area contributed by atoms with E-state index in [4.69, 9.17) is 9.15 Å². The number of carbonyl (C=O) groups excluding carboxylic acids is 1. The SMILES string of the molecule is COc1ccc(NC(=O)CSc2nnc(-c3ccc(Br)o3)n2C)cc1. The van der Waals surface area contributed by atoms with Crippen molar-refractivity contribution in [2.75, 3.05) is 18.2 Å². The lowest BCUT2D eigenvalue weighted by atomic mass is 10.3. The van der Waals surface area contributed by atoms with Gasteiger partial charge in [0, 0.05) is 12.7 Å². The van der Waals surface area contributed by atoms with Crippen molar-refractivity contribution in [3.63, 3.8) is 0 Å². The average Bonchev–Trinajstić information content (AvgIpc) is 3.19. The maximum Gasteiger partial charge on any atom is 0.234 e. The van der Waals surface area contributed by atoms with Crippen LogP contribution in [-0.4, -0.2) is 33.5 Å². The molecule has 0 atom stereocenters. The molecule has 9 heteroatoms. The number of nitrogens with one attached hydrogen (secondary N) is 1. The van der Waals surface area contributed by atoms with Crippen LogP contribution in [0.4, 0.5) is 5.69 Å². The molecule has 3 aromatic rings. The second-order valence-electron chi connectivity index (χ2n) is 5.03. The summed E-state index contributed by atoms with van der Waals surface area (Å²) in [5.74, 6) is 2.05. The first-order valence-corrected chi connectivity index (χ1v) is 9.06. The lowest BCUT2D eigenvalue weighted by Crippen LogP contribution is -2.14. The highest BCUT2D eigenvalue weighted by Gasteiger charge is 2.15. The van der Waals surface area contributed by atoms with Gasteiger partial charge in [0.2, 0.25) is 5.91 Å². The molecule has 0 fully saturated rings. The van der Waals surface area contributed by atoms with Gasteiger partial charge in [-0.3, -0.25) is 4.79 Å². The molecule has 0 aliphatic rings. The number of amides is 1. The Balaban J connectivity index is 1.59. The van der Waals surface area contributed by atoms with E-state index in [2.05, 4.69) is 31.4 Å². The van der Waals surface area contributed by atoms with Crippen LogP contribution in [0.2, 0.25) is 0 Å². The summed E-state index contributed by atoms with van der Waals surface area (Å²) in [5.41, 5.74) is 0.713. The number of rotatable bonds is 6. The molecule has 0 unspecified atom stereocenters. The van der Waals surface area contributed by atoms with Crippen molar-refractivity contribution in [1.82, 2.24) is 14.8 Å². The van der Waals surface area contributed by atoms with Gasteiger partial charge in [0.25, 0.3) is 0 Å². The predicted octanol–water partition coefficient (Wildman–Crippen LogP) is 3.58. The fraction of sp³-hybridized carbons (Fsp3) is 0.188. The molecule has 3 rings (SSSR count). The fourth-order valence-corrected chi connectivity index (χ4v) is 3.11. The Labute approximate surface area is 156 Å². The van der Waals surface area contributed by atoms with E-state index in [-0.39, 0.29) is 11.7 Å². The molecular formula is C16H15BrN4O3S. The molecule has 0 spiro atoms. The van der Waals surface area contributed by atoms with Crippen LogP contribution in [0.25, 0.3) is 11.6 Å². The number of furan rings is 1. The molecular weight excluding hydrogens is 408 g/mol. The number of aromatic nitrogens is 3. The second-order valence-corrected chi connectivity index (χ2v) is 6.76. The van der Waals surface area contributed by atoms with E-state index in [1.54, 1.807) is 48.1 Å². The van der Waals surface area contributed by atoms with Crippen LogP contribution in [0, 0.1) is 0 Å². The minimum absolute atomic E-state index is 0.125. The standard InChI is InChI=1S/C16H15BrN4O3S/c1-21-15(12-7-8-13(17)24-12)19-20-16(21)25-9-14(22)18-10-3-5-11(23-2)6-4-10/h3-8H,9H2,1-2H3,(H,18,22). The average molecular weight is 423 g/mol. The van der Waals surface area contributed by atoms with Crippen molar-refractivity contribution >= 4 is 39.3 Å². The maximum atomic E-state index is 12.1. The first kappa shape index (κ1) is 17.6. The van der Waals surface area contributed by atoms with E-state index < -0.39 is 0 Å². The number of halogens is 1. The Morgan fingerprint density at radius 2 is 2.04 bits per heavy atom. The number of benzene rings is 1. The normalized spacial score (nSPS) is 10.7. The molecule has 2 aromatic heterocycles. The number of nitrogens with zero attached hydrogens (tertiary/aromatic N) is 3. The monoisotopic (exact) mass is 422 g/mol. The quantitative estimate of drug-likeness (QED) is 0.611. The number of hydrogen-bond donors (Lipinski definition) is 1. The summed E-state index contributed by atoms with van der Waals surface area (Å²) in [5, 5.41) is 11.7. The molecule has 2 heterocycles. The summed E-state index contributed by atoms with van der Waals surface area (Å²) in [6, 6.07) is 10.8. The highest BCUT2D eigenvalue weighted by atomic mass is 79.9. The minimum atomic E-state index is -0.125. The molecule has 1 N–H and O–H groups in total. The number of carbonyl (C=O) groups is 1. The van der Waals surface area contributed by atoms with Crippen LogP contribution >= 0.6 is 27.7 Å². The third kappa shape index (κ3) is 4.23. The number of hydrogen-bond acceptors (Lipinski definition) is 6. The predicted molar refractivity (Wildman–Crippen MR) is 98.8 cm³/mol. The maximum absolute atomic E-state index is 12.1. The van der Waals surface area contributed by atoms with Crippen LogP contribution in [-0.2, 0) is 11.8 Å². The molecule has 0 radical (unpaired) electrons. The van der Waals surface area contributed by atoms with Crippen molar-refractivity contribution in [3.05, 3.63) is 41.1 Å². The van der Waals surface area contributed by atoms with Gasteiger partial charge >= 0.3 is 0 Å². The third-order valence-electron chi connectivity index (χ3n) is 3.33. The summed E-state index contributed by atoms with van der Waals surface area (Å²) < 4.78 is 13.0. The van der Waals surface area contributed by atoms with Gasteiger partial charge in [-0.05, 0) is 52.3 Å². The summed E-state index contributed by atoms with van der Waals surface area (Å²) >= 11 is 4.56. The third-order valence-corrected chi connectivity index (χ3v) is 4.78. The Kier molecular flexibility index (Phi) is 5.44. The minimum Gasteiger partial charge on any atom is -0.497 e. The summed E-state index contributed by atoms with van der Waals surface area (Å²) in [7, 11) is 3.43. The van der Waals surface area contributed by atoms with E-state index in [0.717, 1.165) is 5.75 Å². The summed E-state index contributed by atoms with van der Waals surface area (Å²) in [6.07, 6.45) is 0.